The Morgan fingerprint density at radius 2 is 2.11 bits per heavy atom. The number of aromatic nitrogens is 1. The number of fused-ring (bicyclic) bond motifs is 1. The number of ketones is 1. The molecule has 5 rings (SSSR count). The zero-order chi connectivity index (χ0) is 25.0. The fraction of sp³-hybridized carbons (Fsp3) is 0.520. The van der Waals surface area contributed by atoms with E-state index in [4.69, 9.17) is 11.6 Å². The number of H-pyrrole nitrogens is 1. The Labute approximate surface area is 205 Å². The van der Waals surface area contributed by atoms with Gasteiger partial charge in [-0.25, -0.2) is 8.78 Å². The molecular formula is C25H25ClF2N4O3. The minimum absolute atomic E-state index is 0.0287. The van der Waals surface area contributed by atoms with E-state index in [-0.39, 0.29) is 49.6 Å². The first-order chi connectivity index (χ1) is 16.6. The van der Waals surface area contributed by atoms with Gasteiger partial charge >= 0.3 is 0 Å². The second-order valence-corrected chi connectivity index (χ2v) is 10.6. The highest BCUT2D eigenvalue weighted by Crippen LogP contribution is 2.58. The van der Waals surface area contributed by atoms with E-state index in [0.717, 1.165) is 11.8 Å². The number of rotatable bonds is 5. The molecule has 10 heteroatoms. The Balaban J connectivity index is 1.38. The van der Waals surface area contributed by atoms with Crippen molar-refractivity contribution in [2.75, 3.05) is 6.54 Å². The van der Waals surface area contributed by atoms with Crippen molar-refractivity contribution in [3.05, 3.63) is 35.0 Å². The van der Waals surface area contributed by atoms with Gasteiger partial charge in [0.1, 0.15) is 23.6 Å². The fourth-order valence-electron chi connectivity index (χ4n) is 6.03. The van der Waals surface area contributed by atoms with Gasteiger partial charge in [0.2, 0.25) is 11.8 Å². The maximum atomic E-state index is 13.8. The molecular weight excluding hydrogens is 478 g/mol. The number of aromatic amines is 1. The number of carbonyl (C=O) groups excluding carboxylic acids is 3. The molecule has 2 saturated carbocycles. The molecule has 3 aliphatic rings. The highest BCUT2D eigenvalue weighted by Gasteiger charge is 2.62. The van der Waals surface area contributed by atoms with Crippen molar-refractivity contribution in [2.45, 2.75) is 63.0 Å². The first-order valence-electron chi connectivity index (χ1n) is 11.8. The summed E-state index contributed by atoms with van der Waals surface area (Å²) >= 11 is 6.22. The lowest BCUT2D eigenvalue weighted by molar-refractivity contribution is -0.155. The monoisotopic (exact) mass is 502 g/mol. The zero-order valence-electron chi connectivity index (χ0n) is 19.0. The van der Waals surface area contributed by atoms with Gasteiger partial charge in [-0.15, -0.1) is 0 Å². The van der Waals surface area contributed by atoms with E-state index < -0.39 is 35.2 Å². The van der Waals surface area contributed by atoms with Crippen molar-refractivity contribution < 1.29 is 23.2 Å². The molecule has 1 aromatic carbocycles. The van der Waals surface area contributed by atoms with Crippen LogP contribution in [0.3, 0.4) is 0 Å². The average Bonchev–Trinajstić information content (AvgIpc) is 3.50. The minimum Gasteiger partial charge on any atom is -0.349 e. The molecule has 1 aromatic heterocycles. The number of alkyl halides is 2. The molecule has 2 aliphatic carbocycles. The Bertz CT molecular complexity index is 1250. The summed E-state index contributed by atoms with van der Waals surface area (Å²) in [7, 11) is 0. The predicted octanol–water partition coefficient (Wildman–Crippen LogP) is 4.22. The number of nitrogens with one attached hydrogen (secondary N) is 2. The molecule has 2 heterocycles. The quantitative estimate of drug-likeness (QED) is 0.638. The van der Waals surface area contributed by atoms with Crippen molar-refractivity contribution in [2.24, 2.45) is 11.3 Å². The Morgan fingerprint density at radius 3 is 2.74 bits per heavy atom. The van der Waals surface area contributed by atoms with Gasteiger partial charge in [0.15, 0.2) is 0 Å². The standard InChI is InChI=1S/C25H25ClF2N4O3/c26-17-5-1-4-15-8-18(31-21(15)17)23(35)32-13-24(11-25(27,28)12-24)9-19(32)22(34)30-16(10-29)7-14-3-2-6-20(14)33/h1,4-5,8,14,16,19,31H,2-3,6-7,9,11-13H2,(H,30,34)/t14-,16-,19?/m0/s1. The lowest BCUT2D eigenvalue weighted by Crippen LogP contribution is -2.49. The molecule has 184 valence electrons. The smallest absolute Gasteiger partial charge is 0.271 e. The van der Waals surface area contributed by atoms with Crippen LogP contribution < -0.4 is 5.32 Å². The number of carbonyl (C=O) groups is 3. The SMILES string of the molecule is N#C[C@H](C[C@@H]1CCCC1=O)NC(=O)C1CC2(CN1C(=O)c1cc3cccc(Cl)c3[nH]1)CC(F)(F)C2. The molecule has 1 saturated heterocycles. The number of para-hydroxylation sites is 1. The van der Waals surface area contributed by atoms with E-state index >= 15 is 0 Å². The van der Waals surface area contributed by atoms with Gasteiger partial charge in [0.25, 0.3) is 5.91 Å². The number of nitrogens with zero attached hydrogens (tertiary/aromatic N) is 2. The Kier molecular flexibility index (Phi) is 5.83. The predicted molar refractivity (Wildman–Crippen MR) is 124 cm³/mol. The van der Waals surface area contributed by atoms with Crippen LogP contribution in [0.2, 0.25) is 5.02 Å². The second-order valence-electron chi connectivity index (χ2n) is 10.2. The van der Waals surface area contributed by atoms with Gasteiger partial charge in [-0.1, -0.05) is 23.7 Å². The number of nitriles is 1. The van der Waals surface area contributed by atoms with Crippen LogP contribution in [-0.4, -0.2) is 52.0 Å². The molecule has 0 bridgehead atoms. The van der Waals surface area contributed by atoms with Crippen molar-refractivity contribution in [1.82, 2.24) is 15.2 Å². The van der Waals surface area contributed by atoms with Crippen LogP contribution in [-0.2, 0) is 9.59 Å². The van der Waals surface area contributed by atoms with Gasteiger partial charge in [0, 0.05) is 42.5 Å². The van der Waals surface area contributed by atoms with Crippen molar-refractivity contribution in [3.8, 4) is 6.07 Å². The summed E-state index contributed by atoms with van der Waals surface area (Å²) in [5.74, 6) is -4.04. The molecule has 2 aromatic rings. The summed E-state index contributed by atoms with van der Waals surface area (Å²) in [6, 6.07) is 7.01. The number of hydrogen-bond acceptors (Lipinski definition) is 4. The second kappa shape index (κ2) is 8.59. The number of likely N-dealkylation sites (tertiary alicyclic amines) is 1. The van der Waals surface area contributed by atoms with Crippen LogP contribution >= 0.6 is 11.6 Å². The van der Waals surface area contributed by atoms with Crippen LogP contribution in [0.5, 0.6) is 0 Å². The Hall–Kier alpha value is -2.99. The molecule has 3 atom stereocenters. The van der Waals surface area contributed by atoms with Crippen LogP contribution in [0, 0.1) is 22.7 Å². The summed E-state index contributed by atoms with van der Waals surface area (Å²) < 4.78 is 27.7. The molecule has 1 spiro atoms. The van der Waals surface area contributed by atoms with E-state index in [2.05, 4.69) is 10.3 Å². The lowest BCUT2D eigenvalue weighted by atomic mass is 9.65. The van der Waals surface area contributed by atoms with Crippen molar-refractivity contribution in [1.29, 1.82) is 5.26 Å². The minimum atomic E-state index is -2.81. The van der Waals surface area contributed by atoms with Crippen LogP contribution in [0.4, 0.5) is 8.78 Å². The first kappa shape index (κ1) is 23.7. The van der Waals surface area contributed by atoms with Gasteiger partial charge < -0.3 is 15.2 Å². The van der Waals surface area contributed by atoms with Crippen LogP contribution in [0.15, 0.2) is 24.3 Å². The molecule has 1 unspecified atom stereocenters. The summed E-state index contributed by atoms with van der Waals surface area (Å²) in [4.78, 5) is 43.1. The normalized spacial score (nSPS) is 25.4. The first-order valence-corrected chi connectivity index (χ1v) is 12.2. The van der Waals surface area contributed by atoms with E-state index in [9.17, 15) is 28.4 Å². The molecule has 7 nitrogen and oxygen atoms in total. The van der Waals surface area contributed by atoms with Gasteiger partial charge in [0.05, 0.1) is 16.6 Å². The third-order valence-corrected chi connectivity index (χ3v) is 7.91. The topological polar surface area (TPSA) is 106 Å². The highest BCUT2D eigenvalue weighted by molar-refractivity contribution is 6.35. The molecule has 35 heavy (non-hydrogen) atoms. The summed E-state index contributed by atoms with van der Waals surface area (Å²) in [5.41, 5.74) is -0.0511. The van der Waals surface area contributed by atoms with Crippen molar-refractivity contribution in [3.63, 3.8) is 0 Å². The van der Waals surface area contributed by atoms with Crippen molar-refractivity contribution >= 4 is 40.1 Å². The van der Waals surface area contributed by atoms with Gasteiger partial charge in [-0.3, -0.25) is 14.4 Å². The fourth-order valence-corrected chi connectivity index (χ4v) is 6.26. The maximum absolute atomic E-state index is 13.8. The molecule has 1 aliphatic heterocycles. The van der Waals surface area contributed by atoms with E-state index in [1.807, 2.05) is 6.07 Å². The number of Topliss-reactive ketones (excluding diaryl/α,β-unsaturated/α-hetero) is 1. The number of halogens is 3. The van der Waals surface area contributed by atoms with Crippen LogP contribution in [0.1, 0.15) is 55.4 Å². The number of amides is 2. The summed E-state index contributed by atoms with van der Waals surface area (Å²) in [5, 5.41) is 13.4. The van der Waals surface area contributed by atoms with Gasteiger partial charge in [-0.05, 0) is 37.8 Å². The highest BCUT2D eigenvalue weighted by atomic mass is 35.5. The van der Waals surface area contributed by atoms with Gasteiger partial charge in [-0.2, -0.15) is 5.26 Å². The number of hydrogen-bond donors (Lipinski definition) is 2. The lowest BCUT2D eigenvalue weighted by Gasteiger charge is -2.44. The summed E-state index contributed by atoms with van der Waals surface area (Å²) in [6.45, 7) is 0.0287. The van der Waals surface area contributed by atoms with E-state index in [0.29, 0.717) is 23.4 Å². The molecule has 3 fully saturated rings. The molecule has 0 radical (unpaired) electrons. The van der Waals surface area contributed by atoms with E-state index in [1.54, 1.807) is 24.3 Å². The maximum Gasteiger partial charge on any atom is 0.271 e. The number of benzene rings is 1. The molecule has 2 amide bonds. The third-order valence-electron chi connectivity index (χ3n) is 7.60. The largest absolute Gasteiger partial charge is 0.349 e. The molecule has 2 N–H and O–H groups in total. The third kappa shape index (κ3) is 4.40. The summed E-state index contributed by atoms with van der Waals surface area (Å²) in [6.07, 6.45) is 1.47. The average molecular weight is 503 g/mol. The van der Waals surface area contributed by atoms with E-state index in [1.165, 1.54) is 4.90 Å². The Morgan fingerprint density at radius 1 is 1.34 bits per heavy atom. The van der Waals surface area contributed by atoms with Crippen LogP contribution in [0.25, 0.3) is 10.9 Å². The zero-order valence-corrected chi connectivity index (χ0v) is 19.7.